The Bertz CT molecular complexity index is 934. The van der Waals surface area contributed by atoms with E-state index in [-0.39, 0.29) is 11.1 Å². The van der Waals surface area contributed by atoms with Crippen LogP contribution in [0.25, 0.3) is 0 Å². The molecular weight excluding hydrogens is 499 g/mol. The van der Waals surface area contributed by atoms with Gasteiger partial charge in [-0.1, -0.05) is 60.7 Å². The van der Waals surface area contributed by atoms with Gasteiger partial charge in [0.05, 0.1) is 0 Å². The lowest BCUT2D eigenvalue weighted by atomic mass is 9.83. The van der Waals surface area contributed by atoms with E-state index in [1.54, 1.807) is 0 Å². The van der Waals surface area contributed by atoms with Gasteiger partial charge in [-0.25, -0.2) is 0 Å². The highest BCUT2D eigenvalue weighted by molar-refractivity contribution is 5.25. The Morgan fingerprint density at radius 2 is 0.912 bits per heavy atom. The molecule has 2 rings (SSSR count). The van der Waals surface area contributed by atoms with Crippen LogP contribution in [0.2, 0.25) is 0 Å². The third-order valence-electron chi connectivity index (χ3n) is 5.10. The van der Waals surface area contributed by atoms with Gasteiger partial charge in [-0.05, 0) is 23.5 Å². The molecule has 1 atom stereocenters. The Morgan fingerprint density at radius 1 is 0.500 bits per heavy atom. The minimum atomic E-state index is -7.90. The second kappa shape index (κ2) is 8.95. The smallest absolute Gasteiger partial charge is 0.200 e. The highest BCUT2D eigenvalue weighted by atomic mass is 19.4. The Balaban J connectivity index is 2.49. The summed E-state index contributed by atoms with van der Waals surface area (Å²) in [4.78, 5) is 0. The third kappa shape index (κ3) is 4.70. The molecule has 0 aliphatic heterocycles. The fourth-order valence-electron chi connectivity index (χ4n) is 3.17. The maximum absolute atomic E-state index is 14.5. The monoisotopic (exact) mass is 514 g/mol. The molecule has 0 aromatic heterocycles. The van der Waals surface area contributed by atoms with Crippen LogP contribution in [-0.2, 0) is 6.42 Å². The molecule has 0 aliphatic rings. The minimum absolute atomic E-state index is 0.113. The summed E-state index contributed by atoms with van der Waals surface area (Å²) in [6.07, 6.45) is -10.2. The number of rotatable bonds is 9. The Labute approximate surface area is 184 Å². The van der Waals surface area contributed by atoms with Crippen LogP contribution < -0.4 is 0 Å². The summed E-state index contributed by atoms with van der Waals surface area (Å²) in [5.41, 5.74) is 0.133. The van der Waals surface area contributed by atoms with Crippen molar-refractivity contribution in [1.29, 1.82) is 0 Å². The zero-order valence-corrected chi connectivity index (χ0v) is 16.7. The molecule has 2 aromatic carbocycles. The van der Waals surface area contributed by atoms with Gasteiger partial charge in [0.1, 0.15) is 0 Å². The van der Waals surface area contributed by atoms with Crippen molar-refractivity contribution < 1.29 is 57.1 Å². The van der Waals surface area contributed by atoms with Gasteiger partial charge in [-0.3, -0.25) is 0 Å². The number of hydrogen-bond acceptors (Lipinski definition) is 0. The third-order valence-corrected chi connectivity index (χ3v) is 5.10. The second-order valence-corrected chi connectivity index (χ2v) is 7.50. The molecule has 2 aromatic rings. The second-order valence-electron chi connectivity index (χ2n) is 7.50. The molecule has 34 heavy (non-hydrogen) atoms. The molecule has 0 spiro atoms. The molecule has 1 unspecified atom stereocenters. The number of alkyl halides is 13. The van der Waals surface area contributed by atoms with E-state index in [2.05, 4.69) is 0 Å². The number of halogens is 13. The predicted molar refractivity (Wildman–Crippen MR) is 94.7 cm³/mol. The molecular formula is C21H15F13. The van der Waals surface area contributed by atoms with E-state index >= 15 is 0 Å². The highest BCUT2D eigenvalue weighted by Crippen LogP contribution is 2.61. The fraction of sp³-hybridized carbons (Fsp3) is 0.429. The first-order chi connectivity index (χ1) is 15.3. The van der Waals surface area contributed by atoms with E-state index in [0.29, 0.717) is 0 Å². The summed E-state index contributed by atoms with van der Waals surface area (Å²) in [5.74, 6) is -38.6. The van der Waals surface area contributed by atoms with Gasteiger partial charge in [0.25, 0.3) is 0 Å². The Kier molecular flexibility index (Phi) is 7.31. The van der Waals surface area contributed by atoms with Crippen molar-refractivity contribution in [2.24, 2.45) is 0 Å². The van der Waals surface area contributed by atoms with Crippen molar-refractivity contribution >= 4 is 0 Å². The van der Waals surface area contributed by atoms with Crippen molar-refractivity contribution in [2.45, 2.75) is 54.5 Å². The van der Waals surface area contributed by atoms with Gasteiger partial charge in [0.15, 0.2) is 0 Å². The molecule has 0 heterocycles. The van der Waals surface area contributed by atoms with Gasteiger partial charge in [-0.15, -0.1) is 0 Å². The molecule has 0 saturated carbocycles. The van der Waals surface area contributed by atoms with E-state index in [4.69, 9.17) is 0 Å². The highest BCUT2D eigenvalue weighted by Gasteiger charge is 2.90. The topological polar surface area (TPSA) is 0 Å². The van der Waals surface area contributed by atoms with Gasteiger partial charge >= 0.3 is 35.8 Å². The van der Waals surface area contributed by atoms with Crippen LogP contribution in [0.5, 0.6) is 0 Å². The van der Waals surface area contributed by atoms with E-state index in [0.717, 1.165) is 12.1 Å². The minimum Gasteiger partial charge on any atom is -0.200 e. The molecule has 0 nitrogen and oxygen atoms in total. The van der Waals surface area contributed by atoms with E-state index in [9.17, 15) is 57.1 Å². The quantitative estimate of drug-likeness (QED) is 0.297. The molecule has 0 radical (unpaired) electrons. The van der Waals surface area contributed by atoms with Crippen LogP contribution in [0.4, 0.5) is 57.1 Å². The van der Waals surface area contributed by atoms with Crippen LogP contribution in [-0.4, -0.2) is 35.8 Å². The summed E-state index contributed by atoms with van der Waals surface area (Å²) in [6, 6.07) is 13.3. The van der Waals surface area contributed by atoms with Crippen LogP contribution in [0.15, 0.2) is 60.7 Å². The lowest BCUT2D eigenvalue weighted by Crippen LogP contribution is -2.70. The predicted octanol–water partition coefficient (Wildman–Crippen LogP) is 8.14. The van der Waals surface area contributed by atoms with E-state index in [1.807, 2.05) is 0 Å². The first-order valence-corrected chi connectivity index (χ1v) is 9.34. The lowest BCUT2D eigenvalue weighted by Gasteiger charge is -2.40. The van der Waals surface area contributed by atoms with Crippen molar-refractivity contribution in [3.8, 4) is 0 Å². The van der Waals surface area contributed by atoms with Gasteiger partial charge < -0.3 is 0 Å². The molecule has 0 bridgehead atoms. The number of hydrogen-bond donors (Lipinski definition) is 0. The van der Waals surface area contributed by atoms with Crippen molar-refractivity contribution in [1.82, 2.24) is 0 Å². The molecule has 13 heteroatoms. The van der Waals surface area contributed by atoms with Crippen LogP contribution in [0, 0.1) is 0 Å². The van der Waals surface area contributed by atoms with Crippen molar-refractivity contribution in [3.63, 3.8) is 0 Å². The molecule has 0 aliphatic carbocycles. The number of benzene rings is 2. The zero-order chi connectivity index (χ0) is 26.2. The Morgan fingerprint density at radius 3 is 1.35 bits per heavy atom. The lowest BCUT2D eigenvalue weighted by molar-refractivity contribution is -0.440. The molecule has 0 N–H and O–H groups in total. The largest absolute Gasteiger partial charge is 0.460 e. The molecule has 0 saturated heterocycles. The van der Waals surface area contributed by atoms with E-state index in [1.165, 1.54) is 48.5 Å². The van der Waals surface area contributed by atoms with Crippen molar-refractivity contribution in [2.75, 3.05) is 0 Å². The summed E-state index contributed by atoms with van der Waals surface area (Å²) in [6.45, 7) is 0. The first-order valence-electron chi connectivity index (χ1n) is 9.34. The van der Waals surface area contributed by atoms with Crippen molar-refractivity contribution in [3.05, 3.63) is 71.8 Å². The average Bonchev–Trinajstić information content (AvgIpc) is 2.73. The van der Waals surface area contributed by atoms with Crippen LogP contribution >= 0.6 is 0 Å². The van der Waals surface area contributed by atoms with E-state index < -0.39 is 54.5 Å². The maximum atomic E-state index is 14.5. The first kappa shape index (κ1) is 27.8. The van der Waals surface area contributed by atoms with Crippen LogP contribution in [0.1, 0.15) is 23.5 Å². The van der Waals surface area contributed by atoms with Gasteiger partial charge in [0.2, 0.25) is 0 Å². The summed E-state index contributed by atoms with van der Waals surface area (Å²) in [7, 11) is 0. The summed E-state index contributed by atoms with van der Waals surface area (Å²) >= 11 is 0. The average molecular weight is 514 g/mol. The standard InChI is InChI=1S/C21H15F13/c22-16(23,17(24,25)18(26,27)19(28,29)20(30,31)21(32,33)34)12-15(14-9-5-2-6-10-14)11-13-7-3-1-4-8-13/h1-10,15H,11-12H2. The summed E-state index contributed by atoms with van der Waals surface area (Å²) in [5, 5.41) is 0. The van der Waals surface area contributed by atoms with Crippen LogP contribution in [0.3, 0.4) is 0 Å². The fourth-order valence-corrected chi connectivity index (χ4v) is 3.17. The van der Waals surface area contributed by atoms with Gasteiger partial charge in [0, 0.05) is 6.42 Å². The Hall–Kier alpha value is -2.47. The molecule has 190 valence electrons. The maximum Gasteiger partial charge on any atom is 0.460 e. The molecule has 0 amide bonds. The van der Waals surface area contributed by atoms with Gasteiger partial charge in [-0.2, -0.15) is 57.1 Å². The summed E-state index contributed by atoms with van der Waals surface area (Å²) < 4.78 is 174. The molecule has 0 fully saturated rings. The normalized spacial score (nSPS) is 15.3. The zero-order valence-electron chi connectivity index (χ0n) is 16.7. The SMILES string of the molecule is FC(F)(F)C(F)(F)C(F)(F)C(F)(F)C(F)(F)C(F)(F)CC(Cc1ccccc1)c1ccccc1.